The highest BCUT2D eigenvalue weighted by Gasteiger charge is 2.16. The Morgan fingerprint density at radius 1 is 1.55 bits per heavy atom. The number of carboxylic acids is 1. The summed E-state index contributed by atoms with van der Waals surface area (Å²) < 4.78 is 16.2. The number of hydrogen-bond donors (Lipinski definition) is 1. The second-order valence-electron chi connectivity index (χ2n) is 4.54. The molecule has 0 amide bonds. The van der Waals surface area contributed by atoms with Gasteiger partial charge in [-0.2, -0.15) is 0 Å². The van der Waals surface area contributed by atoms with Crippen LogP contribution in [0.3, 0.4) is 0 Å². The zero-order chi connectivity index (χ0) is 14.4. The van der Waals surface area contributed by atoms with Crippen LogP contribution < -0.4 is 4.74 Å². The van der Waals surface area contributed by atoms with Crippen molar-refractivity contribution in [3.63, 3.8) is 0 Å². The van der Waals surface area contributed by atoms with Gasteiger partial charge in [0.25, 0.3) is 0 Å². The first kappa shape index (κ1) is 14.6. The van der Waals surface area contributed by atoms with E-state index >= 15 is 0 Å². The van der Waals surface area contributed by atoms with Crippen LogP contribution in [0.25, 0.3) is 6.08 Å². The highest BCUT2D eigenvalue weighted by atomic mass is 16.5. The second-order valence-corrected chi connectivity index (χ2v) is 4.54. The minimum Gasteiger partial charge on any atom is -0.496 e. The predicted molar refractivity (Wildman–Crippen MR) is 73.7 cm³/mol. The zero-order valence-electron chi connectivity index (χ0n) is 11.4. The molecule has 1 fully saturated rings. The van der Waals surface area contributed by atoms with E-state index in [1.54, 1.807) is 7.11 Å². The standard InChI is InChI=1S/C15H18O5/c1-18-14-4-2-11(8-12(14)3-5-15(16)17)9-20-13-6-7-19-10-13/h2-5,8,13H,6-7,9-10H2,1H3,(H,16,17). The van der Waals surface area contributed by atoms with Gasteiger partial charge < -0.3 is 19.3 Å². The molecule has 0 radical (unpaired) electrons. The van der Waals surface area contributed by atoms with Crippen molar-refractivity contribution in [3.8, 4) is 5.75 Å². The second kappa shape index (κ2) is 7.07. The van der Waals surface area contributed by atoms with E-state index in [1.165, 1.54) is 6.08 Å². The molecule has 0 aliphatic carbocycles. The molecule has 1 aliphatic heterocycles. The number of rotatable bonds is 6. The van der Waals surface area contributed by atoms with Crippen molar-refractivity contribution in [2.24, 2.45) is 0 Å². The summed E-state index contributed by atoms with van der Waals surface area (Å²) in [5, 5.41) is 8.69. The van der Waals surface area contributed by atoms with Crippen LogP contribution in [-0.4, -0.2) is 37.5 Å². The smallest absolute Gasteiger partial charge is 0.328 e. The first-order valence-electron chi connectivity index (χ1n) is 6.46. The number of benzene rings is 1. The molecule has 2 rings (SSSR count). The topological polar surface area (TPSA) is 65.0 Å². The van der Waals surface area contributed by atoms with Gasteiger partial charge in [0.1, 0.15) is 5.75 Å². The number of aliphatic carboxylic acids is 1. The van der Waals surface area contributed by atoms with Crippen molar-refractivity contribution in [1.82, 2.24) is 0 Å². The summed E-state index contributed by atoms with van der Waals surface area (Å²) in [6.45, 7) is 1.87. The lowest BCUT2D eigenvalue weighted by molar-refractivity contribution is -0.131. The van der Waals surface area contributed by atoms with Gasteiger partial charge in [-0.1, -0.05) is 6.07 Å². The Morgan fingerprint density at radius 2 is 2.40 bits per heavy atom. The maximum absolute atomic E-state index is 10.6. The molecule has 1 atom stereocenters. The van der Waals surface area contributed by atoms with E-state index in [9.17, 15) is 4.79 Å². The summed E-state index contributed by atoms with van der Waals surface area (Å²) in [6.07, 6.45) is 3.67. The van der Waals surface area contributed by atoms with Gasteiger partial charge >= 0.3 is 5.97 Å². The molecule has 1 saturated heterocycles. The number of carboxylic acid groups (broad SMARTS) is 1. The third-order valence-electron chi connectivity index (χ3n) is 3.07. The van der Waals surface area contributed by atoms with Gasteiger partial charge in [0.2, 0.25) is 0 Å². The average Bonchev–Trinajstić information content (AvgIpc) is 2.96. The maximum Gasteiger partial charge on any atom is 0.328 e. The Morgan fingerprint density at radius 3 is 3.05 bits per heavy atom. The predicted octanol–water partition coefficient (Wildman–Crippen LogP) is 2.10. The molecule has 108 valence electrons. The van der Waals surface area contributed by atoms with E-state index in [0.29, 0.717) is 19.0 Å². The van der Waals surface area contributed by atoms with Crippen LogP contribution in [0.4, 0.5) is 0 Å². The van der Waals surface area contributed by atoms with E-state index in [1.807, 2.05) is 18.2 Å². The molecule has 1 aliphatic rings. The van der Waals surface area contributed by atoms with E-state index in [0.717, 1.165) is 30.2 Å². The summed E-state index contributed by atoms with van der Waals surface area (Å²) in [5.74, 6) is -0.354. The molecule has 0 aromatic heterocycles. The van der Waals surface area contributed by atoms with Crippen LogP contribution in [0.2, 0.25) is 0 Å². The van der Waals surface area contributed by atoms with Crippen LogP contribution in [0, 0.1) is 0 Å². The lowest BCUT2D eigenvalue weighted by Crippen LogP contribution is -2.11. The summed E-state index contributed by atoms with van der Waals surface area (Å²) in [5.41, 5.74) is 1.70. The maximum atomic E-state index is 10.6. The van der Waals surface area contributed by atoms with E-state index < -0.39 is 5.97 Å². The van der Waals surface area contributed by atoms with Crippen molar-refractivity contribution < 1.29 is 24.1 Å². The minimum atomic E-state index is -0.989. The van der Waals surface area contributed by atoms with Crippen LogP contribution in [0.5, 0.6) is 5.75 Å². The Balaban J connectivity index is 2.05. The summed E-state index contributed by atoms with van der Waals surface area (Å²) >= 11 is 0. The fraction of sp³-hybridized carbons (Fsp3) is 0.400. The minimum absolute atomic E-state index is 0.148. The molecule has 1 heterocycles. The Hall–Kier alpha value is -1.85. The van der Waals surface area contributed by atoms with Gasteiger partial charge in [-0.05, 0) is 30.2 Å². The molecule has 0 saturated carbocycles. The first-order valence-corrected chi connectivity index (χ1v) is 6.46. The molecular formula is C15H18O5. The van der Waals surface area contributed by atoms with Crippen LogP contribution in [-0.2, 0) is 20.9 Å². The third-order valence-corrected chi connectivity index (χ3v) is 3.07. The summed E-state index contributed by atoms with van der Waals surface area (Å²) in [4.78, 5) is 10.6. The van der Waals surface area contributed by atoms with Crippen molar-refractivity contribution >= 4 is 12.0 Å². The van der Waals surface area contributed by atoms with Gasteiger partial charge in [0, 0.05) is 18.2 Å². The average molecular weight is 278 g/mol. The molecule has 5 nitrogen and oxygen atoms in total. The number of carbonyl (C=O) groups is 1. The van der Waals surface area contributed by atoms with Crippen LogP contribution in [0.15, 0.2) is 24.3 Å². The quantitative estimate of drug-likeness (QED) is 0.807. The SMILES string of the molecule is COc1ccc(COC2CCOC2)cc1C=CC(=O)O. The third kappa shape index (κ3) is 4.08. The lowest BCUT2D eigenvalue weighted by atomic mass is 10.1. The van der Waals surface area contributed by atoms with E-state index in [-0.39, 0.29) is 6.10 Å². The van der Waals surface area contributed by atoms with Gasteiger partial charge in [0.15, 0.2) is 0 Å². The molecular weight excluding hydrogens is 260 g/mol. The number of hydrogen-bond acceptors (Lipinski definition) is 4. The molecule has 0 bridgehead atoms. The zero-order valence-corrected chi connectivity index (χ0v) is 11.4. The van der Waals surface area contributed by atoms with Crippen LogP contribution >= 0.6 is 0 Å². The van der Waals surface area contributed by atoms with E-state index in [2.05, 4.69) is 0 Å². The number of ether oxygens (including phenoxy) is 3. The molecule has 1 unspecified atom stereocenters. The summed E-state index contributed by atoms with van der Waals surface area (Å²) in [7, 11) is 1.56. The van der Waals surface area contributed by atoms with Gasteiger partial charge in [-0.25, -0.2) is 4.79 Å². The van der Waals surface area contributed by atoms with E-state index in [4.69, 9.17) is 19.3 Å². The van der Waals surface area contributed by atoms with Gasteiger partial charge in [-0.15, -0.1) is 0 Å². The van der Waals surface area contributed by atoms with Crippen molar-refractivity contribution in [2.45, 2.75) is 19.1 Å². The first-order chi connectivity index (χ1) is 9.69. The molecule has 1 aromatic rings. The monoisotopic (exact) mass is 278 g/mol. The van der Waals surface area contributed by atoms with Crippen LogP contribution in [0.1, 0.15) is 17.5 Å². The highest BCUT2D eigenvalue weighted by molar-refractivity contribution is 5.85. The highest BCUT2D eigenvalue weighted by Crippen LogP contribution is 2.22. The summed E-state index contributed by atoms with van der Waals surface area (Å²) in [6, 6.07) is 5.59. The van der Waals surface area contributed by atoms with Crippen molar-refractivity contribution in [2.75, 3.05) is 20.3 Å². The van der Waals surface area contributed by atoms with Crippen molar-refractivity contribution in [3.05, 3.63) is 35.4 Å². The fourth-order valence-corrected chi connectivity index (χ4v) is 2.02. The molecule has 1 aromatic carbocycles. The molecule has 5 heteroatoms. The molecule has 1 N–H and O–H groups in total. The largest absolute Gasteiger partial charge is 0.496 e. The normalized spacial score (nSPS) is 18.6. The lowest BCUT2D eigenvalue weighted by Gasteiger charge is -2.11. The van der Waals surface area contributed by atoms with Gasteiger partial charge in [-0.3, -0.25) is 0 Å². The van der Waals surface area contributed by atoms with Gasteiger partial charge in [0.05, 0.1) is 26.4 Å². The fourth-order valence-electron chi connectivity index (χ4n) is 2.02. The molecule has 20 heavy (non-hydrogen) atoms. The Labute approximate surface area is 117 Å². The molecule has 0 spiro atoms. The Kier molecular flexibility index (Phi) is 5.15. The Bertz CT molecular complexity index is 489. The number of methoxy groups -OCH3 is 1. The van der Waals surface area contributed by atoms with Crippen molar-refractivity contribution in [1.29, 1.82) is 0 Å².